The number of hydrogen-bond acceptors (Lipinski definition) is 4. The number of H-pyrrole nitrogens is 1. The number of rotatable bonds is 13. The normalized spacial score (nSPS) is 11.2. The molecule has 0 atom stereocenters. The van der Waals surface area contributed by atoms with Gasteiger partial charge in [-0.05, 0) is 63.2 Å². The van der Waals surface area contributed by atoms with E-state index in [2.05, 4.69) is 39.6 Å². The highest BCUT2D eigenvalue weighted by atomic mass is 35.5. The first-order valence-electron chi connectivity index (χ1n) is 12.1. The zero-order valence-corrected chi connectivity index (χ0v) is 20.8. The fourth-order valence-corrected chi connectivity index (χ4v) is 4.00. The molecule has 0 fully saturated rings. The van der Waals surface area contributed by atoms with Crippen molar-refractivity contribution in [2.75, 3.05) is 31.5 Å². The Kier molecular flexibility index (Phi) is 9.91. The summed E-state index contributed by atoms with van der Waals surface area (Å²) in [6.07, 6.45) is 5.59. The lowest BCUT2D eigenvalue weighted by Gasteiger charge is -2.22. The van der Waals surface area contributed by atoms with Gasteiger partial charge in [-0.2, -0.15) is 5.10 Å². The summed E-state index contributed by atoms with van der Waals surface area (Å²) in [5, 5.41) is 13.9. The highest BCUT2D eigenvalue weighted by Gasteiger charge is 2.18. The predicted octanol–water partition coefficient (Wildman–Crippen LogP) is 5.49. The average molecular weight is 484 g/mol. The number of amides is 2. The summed E-state index contributed by atoms with van der Waals surface area (Å²) in [5.41, 5.74) is 1.77. The summed E-state index contributed by atoms with van der Waals surface area (Å²) in [7, 11) is 0. The monoisotopic (exact) mass is 483 g/mol. The number of halogens is 1. The molecule has 0 spiro atoms. The second-order valence-electron chi connectivity index (χ2n) is 8.42. The van der Waals surface area contributed by atoms with Crippen LogP contribution in [0.15, 0.2) is 42.5 Å². The minimum Gasteiger partial charge on any atom is -0.352 e. The minimum absolute atomic E-state index is 0.265. The van der Waals surface area contributed by atoms with E-state index in [1.807, 2.05) is 24.3 Å². The van der Waals surface area contributed by atoms with Crippen LogP contribution in [0.25, 0.3) is 10.9 Å². The van der Waals surface area contributed by atoms with Crippen molar-refractivity contribution in [3.05, 3.63) is 58.7 Å². The Bertz CT molecular complexity index is 1090. The van der Waals surface area contributed by atoms with E-state index in [0.29, 0.717) is 22.8 Å². The van der Waals surface area contributed by atoms with Crippen LogP contribution in [0, 0.1) is 0 Å². The van der Waals surface area contributed by atoms with Gasteiger partial charge in [-0.1, -0.05) is 56.5 Å². The Morgan fingerprint density at radius 2 is 1.68 bits per heavy atom. The largest absolute Gasteiger partial charge is 0.352 e. The Labute approximate surface area is 206 Å². The first-order valence-corrected chi connectivity index (χ1v) is 12.5. The SMILES string of the molecule is CCCCN(CCCC)CCCNC(=O)c1cc(Cl)ccc1NC(=O)c1n[nH]c2ccccc12. The number of hydrogen-bond donors (Lipinski definition) is 3. The number of aromatic amines is 1. The maximum Gasteiger partial charge on any atom is 0.276 e. The van der Waals surface area contributed by atoms with E-state index >= 15 is 0 Å². The molecule has 3 aromatic rings. The van der Waals surface area contributed by atoms with Crippen LogP contribution < -0.4 is 10.6 Å². The van der Waals surface area contributed by atoms with Crippen molar-refractivity contribution in [1.29, 1.82) is 0 Å². The zero-order chi connectivity index (χ0) is 24.3. The lowest BCUT2D eigenvalue weighted by atomic mass is 10.1. The molecule has 8 heteroatoms. The summed E-state index contributed by atoms with van der Waals surface area (Å²) in [6, 6.07) is 12.3. The Morgan fingerprint density at radius 1 is 0.971 bits per heavy atom. The van der Waals surface area contributed by atoms with Crippen LogP contribution in [0.1, 0.15) is 66.8 Å². The standard InChI is InChI=1S/C26H34ClN5O2/c1-3-5-15-32(16-6-4-2)17-9-14-28-25(33)21-18-19(27)12-13-22(21)29-26(34)24-20-10-7-8-11-23(20)30-31-24/h7-8,10-13,18H,3-6,9,14-17H2,1-2H3,(H,28,33)(H,29,34)(H,30,31). The van der Waals surface area contributed by atoms with E-state index in [1.54, 1.807) is 18.2 Å². The Morgan fingerprint density at radius 3 is 2.41 bits per heavy atom. The Hall–Kier alpha value is -2.90. The van der Waals surface area contributed by atoms with Crippen LogP contribution >= 0.6 is 11.6 Å². The summed E-state index contributed by atoms with van der Waals surface area (Å²) < 4.78 is 0. The third-order valence-corrected chi connectivity index (χ3v) is 5.99. The Balaban J connectivity index is 1.61. The lowest BCUT2D eigenvalue weighted by molar-refractivity contribution is 0.0952. The fraction of sp³-hybridized carbons (Fsp3) is 0.423. The number of carbonyl (C=O) groups is 2. The van der Waals surface area contributed by atoms with E-state index in [4.69, 9.17) is 11.6 Å². The molecule has 0 saturated carbocycles. The molecular formula is C26H34ClN5O2. The van der Waals surface area contributed by atoms with Crippen LogP contribution in [0.3, 0.4) is 0 Å². The summed E-state index contributed by atoms with van der Waals surface area (Å²) in [4.78, 5) is 28.3. The third-order valence-electron chi connectivity index (χ3n) is 5.75. The molecule has 0 aliphatic rings. The molecule has 2 amide bonds. The van der Waals surface area contributed by atoms with Gasteiger partial charge in [-0.15, -0.1) is 0 Å². The number of nitrogens with zero attached hydrogens (tertiary/aromatic N) is 2. The van der Waals surface area contributed by atoms with Crippen LogP contribution in [0.2, 0.25) is 5.02 Å². The minimum atomic E-state index is -0.392. The number of para-hydroxylation sites is 1. The lowest BCUT2D eigenvalue weighted by Crippen LogP contribution is -2.31. The van der Waals surface area contributed by atoms with Gasteiger partial charge in [-0.3, -0.25) is 14.7 Å². The molecule has 0 radical (unpaired) electrons. The molecule has 0 unspecified atom stereocenters. The smallest absolute Gasteiger partial charge is 0.276 e. The highest BCUT2D eigenvalue weighted by Crippen LogP contribution is 2.23. The molecule has 1 aromatic heterocycles. The number of fused-ring (bicyclic) bond motifs is 1. The molecule has 0 aliphatic heterocycles. The molecule has 3 rings (SSSR count). The molecule has 1 heterocycles. The van der Waals surface area contributed by atoms with Crippen LogP contribution in [-0.4, -0.2) is 53.1 Å². The van der Waals surface area contributed by atoms with Crippen LogP contribution in [0.5, 0.6) is 0 Å². The number of nitrogens with one attached hydrogen (secondary N) is 3. The molecule has 182 valence electrons. The highest BCUT2D eigenvalue weighted by molar-refractivity contribution is 6.31. The number of anilines is 1. The van der Waals surface area contributed by atoms with Crippen LogP contribution in [-0.2, 0) is 0 Å². The van der Waals surface area contributed by atoms with Crippen molar-refractivity contribution >= 4 is 40.0 Å². The molecule has 34 heavy (non-hydrogen) atoms. The van der Waals surface area contributed by atoms with E-state index < -0.39 is 5.91 Å². The average Bonchev–Trinajstić information content (AvgIpc) is 3.28. The topological polar surface area (TPSA) is 90.1 Å². The zero-order valence-electron chi connectivity index (χ0n) is 20.0. The molecule has 0 aliphatic carbocycles. The molecule has 2 aromatic carbocycles. The van der Waals surface area contributed by atoms with Crippen molar-refractivity contribution in [3.8, 4) is 0 Å². The molecule has 3 N–H and O–H groups in total. The first kappa shape index (κ1) is 25.7. The maximum atomic E-state index is 12.9. The van der Waals surface area contributed by atoms with Gasteiger partial charge in [0.05, 0.1) is 16.8 Å². The number of benzene rings is 2. The van der Waals surface area contributed by atoms with Gasteiger partial charge in [0, 0.05) is 17.0 Å². The molecule has 0 saturated heterocycles. The van der Waals surface area contributed by atoms with Gasteiger partial charge < -0.3 is 15.5 Å². The van der Waals surface area contributed by atoms with Gasteiger partial charge in [0.2, 0.25) is 0 Å². The van der Waals surface area contributed by atoms with Gasteiger partial charge in [-0.25, -0.2) is 0 Å². The van der Waals surface area contributed by atoms with Crippen molar-refractivity contribution in [3.63, 3.8) is 0 Å². The van der Waals surface area contributed by atoms with E-state index in [1.165, 1.54) is 25.7 Å². The van der Waals surface area contributed by atoms with Gasteiger partial charge in [0.15, 0.2) is 5.69 Å². The summed E-state index contributed by atoms with van der Waals surface area (Å²) in [5.74, 6) is -0.658. The molecule has 0 bridgehead atoms. The fourth-order valence-electron chi connectivity index (χ4n) is 3.83. The second-order valence-corrected chi connectivity index (χ2v) is 8.86. The predicted molar refractivity (Wildman–Crippen MR) is 139 cm³/mol. The summed E-state index contributed by atoms with van der Waals surface area (Å²) in [6.45, 7) is 8.10. The quantitative estimate of drug-likeness (QED) is 0.280. The number of carbonyl (C=O) groups excluding carboxylic acids is 2. The third kappa shape index (κ3) is 7.05. The van der Waals surface area contributed by atoms with Gasteiger partial charge in [0.25, 0.3) is 11.8 Å². The first-order chi connectivity index (χ1) is 16.5. The number of unbranched alkanes of at least 4 members (excludes halogenated alkanes) is 2. The maximum absolute atomic E-state index is 12.9. The van der Waals surface area contributed by atoms with Crippen molar-refractivity contribution in [2.24, 2.45) is 0 Å². The van der Waals surface area contributed by atoms with Crippen LogP contribution in [0.4, 0.5) is 5.69 Å². The van der Waals surface area contributed by atoms with Gasteiger partial charge in [0.1, 0.15) is 0 Å². The van der Waals surface area contributed by atoms with E-state index in [0.717, 1.165) is 37.0 Å². The second kappa shape index (κ2) is 13.1. The summed E-state index contributed by atoms with van der Waals surface area (Å²) >= 11 is 6.16. The van der Waals surface area contributed by atoms with E-state index in [-0.39, 0.29) is 11.6 Å². The van der Waals surface area contributed by atoms with Gasteiger partial charge >= 0.3 is 0 Å². The van der Waals surface area contributed by atoms with Crippen molar-refractivity contribution in [1.82, 2.24) is 20.4 Å². The molecular weight excluding hydrogens is 450 g/mol. The van der Waals surface area contributed by atoms with Crippen molar-refractivity contribution in [2.45, 2.75) is 46.0 Å². The number of aromatic nitrogens is 2. The van der Waals surface area contributed by atoms with E-state index in [9.17, 15) is 9.59 Å². The van der Waals surface area contributed by atoms with Crippen molar-refractivity contribution < 1.29 is 9.59 Å². The molecule has 7 nitrogen and oxygen atoms in total.